The van der Waals surface area contributed by atoms with Crippen molar-refractivity contribution in [2.24, 2.45) is 0 Å². The van der Waals surface area contributed by atoms with Gasteiger partial charge in [-0.2, -0.15) is 0 Å². The number of hydrogen-bond acceptors (Lipinski definition) is 3. The van der Waals surface area contributed by atoms with E-state index in [1.807, 2.05) is 12.1 Å². The van der Waals surface area contributed by atoms with E-state index in [2.05, 4.69) is 10.6 Å². The van der Waals surface area contributed by atoms with Gasteiger partial charge in [-0.25, -0.2) is 0 Å². The summed E-state index contributed by atoms with van der Waals surface area (Å²) in [6, 6.07) is 5.39. The summed E-state index contributed by atoms with van der Waals surface area (Å²) in [7, 11) is 0. The number of halogens is 1. The van der Waals surface area contributed by atoms with Crippen molar-refractivity contribution >= 4 is 28.9 Å². The van der Waals surface area contributed by atoms with Gasteiger partial charge in [0, 0.05) is 20.0 Å². The first-order valence-electron chi connectivity index (χ1n) is 4.63. The Morgan fingerprint density at radius 2 is 2.20 bits per heavy atom. The lowest BCUT2D eigenvalue weighted by molar-refractivity contribution is -0.118. The van der Waals surface area contributed by atoms with E-state index in [1.165, 1.54) is 6.92 Å². The van der Waals surface area contributed by atoms with Crippen molar-refractivity contribution in [2.45, 2.75) is 6.92 Å². The summed E-state index contributed by atoms with van der Waals surface area (Å²) < 4.78 is 0. The van der Waals surface area contributed by atoms with Gasteiger partial charge in [0.15, 0.2) is 0 Å². The molecular weight excluding hydrogens is 214 g/mol. The molecule has 0 spiro atoms. The molecule has 5 heteroatoms. The highest BCUT2D eigenvalue weighted by Crippen LogP contribution is 2.26. The molecule has 0 heterocycles. The fourth-order valence-corrected chi connectivity index (χ4v) is 1.30. The summed E-state index contributed by atoms with van der Waals surface area (Å²) in [5.74, 6) is -0.0455. The van der Waals surface area contributed by atoms with Crippen molar-refractivity contribution in [1.29, 1.82) is 0 Å². The maximum Gasteiger partial charge on any atom is 0.216 e. The smallest absolute Gasteiger partial charge is 0.216 e. The highest BCUT2D eigenvalue weighted by Gasteiger charge is 2.01. The molecule has 0 aliphatic heterocycles. The molecule has 0 radical (unpaired) electrons. The molecule has 0 fully saturated rings. The zero-order valence-corrected chi connectivity index (χ0v) is 9.27. The van der Waals surface area contributed by atoms with E-state index in [9.17, 15) is 4.79 Å². The van der Waals surface area contributed by atoms with Crippen LogP contribution in [0.2, 0.25) is 5.02 Å². The van der Waals surface area contributed by atoms with Gasteiger partial charge in [-0.1, -0.05) is 17.7 Å². The first kappa shape index (κ1) is 11.7. The number of amides is 1. The van der Waals surface area contributed by atoms with Crippen LogP contribution in [0.15, 0.2) is 18.2 Å². The highest BCUT2D eigenvalue weighted by molar-refractivity contribution is 6.33. The highest BCUT2D eigenvalue weighted by atomic mass is 35.5. The maximum absolute atomic E-state index is 10.6. The van der Waals surface area contributed by atoms with Crippen LogP contribution in [-0.2, 0) is 4.79 Å². The van der Waals surface area contributed by atoms with E-state index in [-0.39, 0.29) is 5.91 Å². The van der Waals surface area contributed by atoms with Crippen LogP contribution in [0.1, 0.15) is 6.92 Å². The second kappa shape index (κ2) is 5.46. The van der Waals surface area contributed by atoms with Gasteiger partial charge >= 0.3 is 0 Å². The van der Waals surface area contributed by atoms with Gasteiger partial charge in [-0.15, -0.1) is 0 Å². The zero-order valence-electron chi connectivity index (χ0n) is 8.51. The molecule has 1 aromatic rings. The average molecular weight is 228 g/mol. The molecule has 4 nitrogen and oxygen atoms in total. The van der Waals surface area contributed by atoms with Crippen molar-refractivity contribution < 1.29 is 4.79 Å². The number of nitrogen functional groups attached to an aromatic ring is 1. The molecule has 0 atom stereocenters. The number of carbonyl (C=O) groups excluding carboxylic acids is 1. The number of para-hydroxylation sites is 1. The Balaban J connectivity index is 2.44. The number of benzene rings is 1. The molecular formula is C10H14ClN3O. The Morgan fingerprint density at radius 1 is 1.47 bits per heavy atom. The predicted octanol–water partition coefficient (Wildman–Crippen LogP) is 1.47. The Morgan fingerprint density at radius 3 is 2.87 bits per heavy atom. The standard InChI is InChI=1S/C10H14ClN3O/c1-7(15)13-5-6-14-9-4-2-3-8(11)10(9)12/h2-4,14H,5-6,12H2,1H3,(H,13,15). The monoisotopic (exact) mass is 227 g/mol. The van der Waals surface area contributed by atoms with Crippen molar-refractivity contribution in [2.75, 3.05) is 24.1 Å². The predicted molar refractivity (Wildman–Crippen MR) is 63.0 cm³/mol. The first-order valence-corrected chi connectivity index (χ1v) is 5.01. The van der Waals surface area contributed by atoms with Crippen molar-refractivity contribution in [1.82, 2.24) is 5.32 Å². The van der Waals surface area contributed by atoms with Gasteiger partial charge in [0.2, 0.25) is 5.91 Å². The summed E-state index contributed by atoms with van der Waals surface area (Å²) in [6.07, 6.45) is 0. The molecule has 0 aliphatic carbocycles. The minimum atomic E-state index is -0.0455. The number of anilines is 2. The molecule has 0 saturated carbocycles. The summed E-state index contributed by atoms with van der Waals surface area (Å²) in [6.45, 7) is 2.65. The lowest BCUT2D eigenvalue weighted by Crippen LogP contribution is -2.26. The lowest BCUT2D eigenvalue weighted by atomic mass is 10.2. The molecule has 0 aliphatic rings. The summed E-state index contributed by atoms with van der Waals surface area (Å²) >= 11 is 5.84. The molecule has 0 bridgehead atoms. The van der Waals surface area contributed by atoms with Gasteiger partial charge in [0.05, 0.1) is 16.4 Å². The average Bonchev–Trinajstić information content (AvgIpc) is 2.18. The van der Waals surface area contributed by atoms with Crippen LogP contribution >= 0.6 is 11.6 Å². The molecule has 1 amide bonds. The third kappa shape index (κ3) is 3.67. The molecule has 82 valence electrons. The largest absolute Gasteiger partial charge is 0.396 e. The molecule has 0 saturated heterocycles. The van der Waals surface area contributed by atoms with Gasteiger partial charge < -0.3 is 16.4 Å². The lowest BCUT2D eigenvalue weighted by Gasteiger charge is -2.10. The first-order chi connectivity index (χ1) is 7.11. The van der Waals surface area contributed by atoms with Crippen LogP contribution in [-0.4, -0.2) is 19.0 Å². The number of nitrogens with two attached hydrogens (primary N) is 1. The molecule has 0 aromatic heterocycles. The Bertz CT molecular complexity index is 355. The minimum absolute atomic E-state index is 0.0455. The van der Waals surface area contributed by atoms with Gasteiger partial charge in [0.25, 0.3) is 0 Å². The second-order valence-corrected chi connectivity index (χ2v) is 3.52. The van der Waals surface area contributed by atoms with Gasteiger partial charge in [-0.3, -0.25) is 4.79 Å². The normalized spacial score (nSPS) is 9.73. The van der Waals surface area contributed by atoms with E-state index in [1.54, 1.807) is 6.07 Å². The van der Waals surface area contributed by atoms with Gasteiger partial charge in [0.1, 0.15) is 0 Å². The SMILES string of the molecule is CC(=O)NCCNc1cccc(Cl)c1N. The summed E-state index contributed by atoms with van der Waals surface area (Å²) in [5.41, 5.74) is 7.06. The van der Waals surface area contributed by atoms with Crippen molar-refractivity contribution in [3.8, 4) is 0 Å². The summed E-state index contributed by atoms with van der Waals surface area (Å²) in [5, 5.41) is 6.29. The summed E-state index contributed by atoms with van der Waals surface area (Å²) in [4.78, 5) is 10.6. The van der Waals surface area contributed by atoms with Crippen molar-refractivity contribution in [3.05, 3.63) is 23.2 Å². The zero-order chi connectivity index (χ0) is 11.3. The maximum atomic E-state index is 10.6. The minimum Gasteiger partial charge on any atom is -0.396 e. The number of rotatable bonds is 4. The van der Waals surface area contributed by atoms with Crippen molar-refractivity contribution in [3.63, 3.8) is 0 Å². The quantitative estimate of drug-likeness (QED) is 0.539. The molecule has 0 unspecified atom stereocenters. The van der Waals surface area contributed by atoms with E-state index >= 15 is 0 Å². The molecule has 4 N–H and O–H groups in total. The van der Waals surface area contributed by atoms with Gasteiger partial charge in [-0.05, 0) is 12.1 Å². The Hall–Kier alpha value is -1.42. The molecule has 1 aromatic carbocycles. The number of hydrogen-bond donors (Lipinski definition) is 3. The third-order valence-electron chi connectivity index (χ3n) is 1.87. The number of carbonyl (C=O) groups is 1. The molecule has 1 rings (SSSR count). The van der Waals surface area contributed by atoms with E-state index in [0.717, 1.165) is 5.69 Å². The number of nitrogens with one attached hydrogen (secondary N) is 2. The van der Waals surface area contributed by atoms with E-state index in [4.69, 9.17) is 17.3 Å². The second-order valence-electron chi connectivity index (χ2n) is 3.11. The Labute approximate surface area is 93.8 Å². The fraction of sp³-hybridized carbons (Fsp3) is 0.300. The van der Waals surface area contributed by atoms with E-state index in [0.29, 0.717) is 23.8 Å². The van der Waals surface area contributed by atoms with Crippen LogP contribution in [0, 0.1) is 0 Å². The third-order valence-corrected chi connectivity index (χ3v) is 2.20. The van der Waals surface area contributed by atoms with Crippen LogP contribution in [0.5, 0.6) is 0 Å². The van der Waals surface area contributed by atoms with Crippen LogP contribution in [0.4, 0.5) is 11.4 Å². The fourth-order valence-electron chi connectivity index (χ4n) is 1.13. The van der Waals surface area contributed by atoms with Crippen LogP contribution in [0.3, 0.4) is 0 Å². The van der Waals surface area contributed by atoms with E-state index < -0.39 is 0 Å². The molecule has 15 heavy (non-hydrogen) atoms. The Kier molecular flexibility index (Phi) is 4.24. The van der Waals surface area contributed by atoms with Crippen LogP contribution < -0.4 is 16.4 Å². The topological polar surface area (TPSA) is 67.2 Å². The van der Waals surface area contributed by atoms with Crippen LogP contribution in [0.25, 0.3) is 0 Å².